The maximum atomic E-state index is 12.5. The van der Waals surface area contributed by atoms with E-state index in [-0.39, 0.29) is 15.7 Å². The van der Waals surface area contributed by atoms with Gasteiger partial charge in [-0.2, -0.15) is 0 Å². The van der Waals surface area contributed by atoms with Crippen molar-refractivity contribution in [1.29, 1.82) is 0 Å². The van der Waals surface area contributed by atoms with Gasteiger partial charge >= 0.3 is 0 Å². The van der Waals surface area contributed by atoms with E-state index >= 15 is 0 Å². The summed E-state index contributed by atoms with van der Waals surface area (Å²) in [6, 6.07) is 15.2. The Morgan fingerprint density at radius 2 is 1.38 bits per heavy atom. The molecule has 0 fully saturated rings. The van der Waals surface area contributed by atoms with Crippen molar-refractivity contribution >= 4 is 19.9 Å². The van der Waals surface area contributed by atoms with E-state index in [1.54, 1.807) is 0 Å². The van der Waals surface area contributed by atoms with Crippen LogP contribution in [0.15, 0.2) is 64.4 Å². The summed E-state index contributed by atoms with van der Waals surface area (Å²) in [5.41, 5.74) is 1.17. The molecule has 0 saturated carbocycles. The molecule has 0 aromatic heterocycles. The van der Waals surface area contributed by atoms with E-state index in [1.165, 1.54) is 29.8 Å². The molecule has 2 aromatic rings. The lowest BCUT2D eigenvalue weighted by Crippen LogP contribution is -2.32. The Balaban J connectivity index is 2.09. The third-order valence-electron chi connectivity index (χ3n) is 4.38. The lowest BCUT2D eigenvalue weighted by atomic mass is 9.89. The quantitative estimate of drug-likeness (QED) is 0.745. The van der Waals surface area contributed by atoms with Crippen LogP contribution in [0.2, 0.25) is 0 Å². The van der Waals surface area contributed by atoms with Crippen molar-refractivity contribution in [2.24, 2.45) is 11.8 Å². The van der Waals surface area contributed by atoms with Crippen LogP contribution in [0, 0.1) is 11.8 Å². The first-order valence-electron chi connectivity index (χ1n) is 8.43. The van der Waals surface area contributed by atoms with E-state index in [0.717, 1.165) is 12.7 Å². The molecule has 0 unspecified atom stereocenters. The average molecular weight is 396 g/mol. The first kappa shape index (κ1) is 20.6. The molecular weight excluding hydrogens is 370 g/mol. The summed E-state index contributed by atoms with van der Waals surface area (Å²) >= 11 is 0. The number of hydrogen-bond donors (Lipinski definition) is 1. The van der Waals surface area contributed by atoms with E-state index in [2.05, 4.69) is 18.6 Å². The molecule has 2 aromatic carbocycles. The smallest absolute Gasteiger partial charge is 0.224 e. The van der Waals surface area contributed by atoms with Crippen LogP contribution >= 0.6 is 0 Å². The fourth-order valence-electron chi connectivity index (χ4n) is 2.63. The second-order valence-corrected chi connectivity index (χ2v) is 10.6. The highest BCUT2D eigenvalue weighted by atomic mass is 32.2. The molecule has 0 aliphatic carbocycles. The Labute approximate surface area is 156 Å². The van der Waals surface area contributed by atoms with E-state index < -0.39 is 19.9 Å². The van der Waals surface area contributed by atoms with Crippen LogP contribution < -0.4 is 4.72 Å². The lowest BCUT2D eigenvalue weighted by Gasteiger charge is -2.21. The number of sulfonamides is 1. The fraction of sp³-hybridized carbons (Fsp3) is 0.368. The summed E-state index contributed by atoms with van der Waals surface area (Å²) in [6.07, 6.45) is 1.87. The van der Waals surface area contributed by atoms with Gasteiger partial charge in [0.2, 0.25) is 10.0 Å². The summed E-state index contributed by atoms with van der Waals surface area (Å²) in [6.45, 7) is 4.47. The Morgan fingerprint density at radius 1 is 0.846 bits per heavy atom. The zero-order valence-corrected chi connectivity index (χ0v) is 16.8. The van der Waals surface area contributed by atoms with E-state index in [9.17, 15) is 16.8 Å². The maximum Gasteiger partial charge on any atom is 0.240 e. The van der Waals surface area contributed by atoms with Gasteiger partial charge in [0.05, 0.1) is 9.79 Å². The van der Waals surface area contributed by atoms with Crippen molar-refractivity contribution in [2.75, 3.05) is 12.8 Å². The zero-order chi connectivity index (χ0) is 19.4. The van der Waals surface area contributed by atoms with Gasteiger partial charge in [0.15, 0.2) is 9.84 Å². The molecule has 26 heavy (non-hydrogen) atoms. The van der Waals surface area contributed by atoms with Gasteiger partial charge < -0.3 is 0 Å². The van der Waals surface area contributed by atoms with Crippen molar-refractivity contribution in [3.8, 4) is 0 Å². The molecule has 5 nitrogen and oxygen atoms in total. The summed E-state index contributed by atoms with van der Waals surface area (Å²) in [4.78, 5) is 0.160. The van der Waals surface area contributed by atoms with Gasteiger partial charge in [-0.1, -0.05) is 44.2 Å². The van der Waals surface area contributed by atoms with Gasteiger partial charge in [-0.3, -0.25) is 0 Å². The first-order chi connectivity index (χ1) is 12.1. The van der Waals surface area contributed by atoms with Crippen LogP contribution in [0.4, 0.5) is 0 Å². The standard InChI is InChI=1S/C19H25NO4S2/c1-15(2)17(13-16-7-5-4-6-8-16)14-20-26(23,24)19-11-9-18(10-12-19)25(3,21)22/h4-12,15,17,20H,13-14H2,1-3H3/t17-/m0/s1. The van der Waals surface area contributed by atoms with Gasteiger partial charge in [0.1, 0.15) is 0 Å². The maximum absolute atomic E-state index is 12.5. The number of hydrogen-bond acceptors (Lipinski definition) is 4. The Hall–Kier alpha value is -1.70. The van der Waals surface area contributed by atoms with E-state index in [0.29, 0.717) is 12.5 Å². The predicted molar refractivity (Wildman–Crippen MR) is 103 cm³/mol. The second kappa shape index (κ2) is 8.33. The predicted octanol–water partition coefficient (Wildman–Crippen LogP) is 2.88. The molecule has 0 spiro atoms. The molecule has 0 radical (unpaired) electrons. The molecular formula is C19H25NO4S2. The Morgan fingerprint density at radius 3 is 1.88 bits per heavy atom. The van der Waals surface area contributed by atoms with Crippen LogP contribution in [-0.2, 0) is 26.3 Å². The summed E-state index contributed by atoms with van der Waals surface area (Å²) in [7, 11) is -7.04. The molecule has 0 bridgehead atoms. The van der Waals surface area contributed by atoms with Crippen molar-refractivity contribution in [3.63, 3.8) is 0 Å². The zero-order valence-electron chi connectivity index (χ0n) is 15.2. The average Bonchev–Trinajstić information content (AvgIpc) is 2.58. The van der Waals surface area contributed by atoms with Crippen LogP contribution in [0.1, 0.15) is 19.4 Å². The topological polar surface area (TPSA) is 80.3 Å². The largest absolute Gasteiger partial charge is 0.240 e. The summed E-state index contributed by atoms with van der Waals surface area (Å²) < 4.78 is 50.7. The molecule has 0 saturated heterocycles. The summed E-state index contributed by atoms with van der Waals surface area (Å²) in [5.74, 6) is 0.466. The van der Waals surface area contributed by atoms with Crippen LogP contribution in [0.3, 0.4) is 0 Å². The second-order valence-electron chi connectivity index (χ2n) is 6.79. The monoisotopic (exact) mass is 395 g/mol. The first-order valence-corrected chi connectivity index (χ1v) is 11.8. The highest BCUT2D eigenvalue weighted by molar-refractivity contribution is 7.90. The van der Waals surface area contributed by atoms with Crippen molar-refractivity contribution in [1.82, 2.24) is 4.72 Å². The fourth-order valence-corrected chi connectivity index (χ4v) is 4.35. The number of rotatable bonds is 8. The molecule has 0 heterocycles. The molecule has 0 amide bonds. The molecule has 1 N–H and O–H groups in total. The van der Waals surface area contributed by atoms with E-state index in [4.69, 9.17) is 0 Å². The summed E-state index contributed by atoms with van der Waals surface area (Å²) in [5, 5.41) is 0. The number of benzene rings is 2. The molecule has 0 aliphatic rings. The van der Waals surface area contributed by atoms with Gasteiger partial charge in [0.25, 0.3) is 0 Å². The van der Waals surface area contributed by atoms with Gasteiger partial charge in [0, 0.05) is 12.8 Å². The minimum absolute atomic E-state index is 0.0621. The highest BCUT2D eigenvalue weighted by Crippen LogP contribution is 2.19. The van der Waals surface area contributed by atoms with Gasteiger partial charge in [-0.25, -0.2) is 21.6 Å². The molecule has 142 valence electrons. The van der Waals surface area contributed by atoms with Crippen LogP contribution in [-0.4, -0.2) is 29.6 Å². The SMILES string of the molecule is CC(C)[C@H](CNS(=O)(=O)c1ccc(S(C)(=O)=O)cc1)Cc1ccccc1. The lowest BCUT2D eigenvalue weighted by molar-refractivity contribution is 0.379. The van der Waals surface area contributed by atoms with Gasteiger partial charge in [-0.05, 0) is 48.1 Å². The normalized spacial score (nSPS) is 13.7. The van der Waals surface area contributed by atoms with Crippen molar-refractivity contribution in [3.05, 3.63) is 60.2 Å². The highest BCUT2D eigenvalue weighted by Gasteiger charge is 2.20. The Bertz CT molecular complexity index is 919. The van der Waals surface area contributed by atoms with Crippen LogP contribution in [0.5, 0.6) is 0 Å². The van der Waals surface area contributed by atoms with Crippen molar-refractivity contribution in [2.45, 2.75) is 30.1 Å². The molecule has 1 atom stereocenters. The van der Waals surface area contributed by atoms with Crippen molar-refractivity contribution < 1.29 is 16.8 Å². The molecule has 0 aliphatic heterocycles. The third kappa shape index (κ3) is 5.65. The molecule has 2 rings (SSSR count). The third-order valence-corrected chi connectivity index (χ3v) is 6.95. The number of nitrogens with one attached hydrogen (secondary N) is 1. The Kier molecular flexibility index (Phi) is 6.60. The molecule has 7 heteroatoms. The van der Waals surface area contributed by atoms with E-state index in [1.807, 2.05) is 30.3 Å². The number of sulfone groups is 1. The minimum atomic E-state index is -3.69. The van der Waals surface area contributed by atoms with Crippen LogP contribution in [0.25, 0.3) is 0 Å². The van der Waals surface area contributed by atoms with Gasteiger partial charge in [-0.15, -0.1) is 0 Å². The minimum Gasteiger partial charge on any atom is -0.224 e.